The molecule has 1 fully saturated rings. The summed E-state index contributed by atoms with van der Waals surface area (Å²) in [6, 6.07) is 0. The molecule has 1 heterocycles. The first-order valence-corrected chi connectivity index (χ1v) is 20.4. The Hall–Kier alpha value is -2.63. The minimum atomic E-state index is -0.956. The summed E-state index contributed by atoms with van der Waals surface area (Å²) in [6.45, 7) is 4.76. The minimum Gasteiger partial charge on any atom is -0.432 e. The third kappa shape index (κ3) is 27.8. The van der Waals surface area contributed by atoms with E-state index in [4.69, 9.17) is 9.57 Å². The average Bonchev–Trinajstić information content (AvgIpc) is 3.41. The molecule has 1 saturated heterocycles. The zero-order valence-electron chi connectivity index (χ0n) is 31.7. The summed E-state index contributed by atoms with van der Waals surface area (Å²) in [7, 11) is 0. The molecule has 0 aliphatic carbocycles. The number of rotatable bonds is 33. The van der Waals surface area contributed by atoms with E-state index in [1.165, 1.54) is 128 Å². The van der Waals surface area contributed by atoms with Gasteiger partial charge in [0.05, 0.1) is 6.61 Å². The number of hydroxylamine groups is 2. The van der Waals surface area contributed by atoms with Crippen molar-refractivity contribution in [3.63, 3.8) is 0 Å². The van der Waals surface area contributed by atoms with E-state index in [1.807, 2.05) is 0 Å². The summed E-state index contributed by atoms with van der Waals surface area (Å²) in [5.74, 6) is -0.698. The molecule has 0 bridgehead atoms. The lowest BCUT2D eigenvalue weighted by Crippen LogP contribution is -2.32. The Morgan fingerprint density at radius 3 is 1.33 bits per heavy atom. The van der Waals surface area contributed by atoms with Crippen molar-refractivity contribution < 1.29 is 24.0 Å². The van der Waals surface area contributed by atoms with E-state index in [0.29, 0.717) is 5.06 Å². The first-order valence-electron chi connectivity index (χ1n) is 20.4. The van der Waals surface area contributed by atoms with Gasteiger partial charge in [-0.3, -0.25) is 14.4 Å². The summed E-state index contributed by atoms with van der Waals surface area (Å²) in [5.41, 5.74) is 0. The molecule has 0 aromatic heterocycles. The molecule has 0 radical (unpaired) electrons. The van der Waals surface area contributed by atoms with Crippen LogP contribution in [0.15, 0.2) is 48.6 Å². The molecule has 0 atom stereocenters. The van der Waals surface area contributed by atoms with Gasteiger partial charge < -0.3 is 4.74 Å². The molecule has 2 amide bonds. The normalized spacial score (nSPS) is 13.9. The zero-order chi connectivity index (χ0) is 35.5. The molecule has 49 heavy (non-hydrogen) atoms. The Labute approximate surface area is 301 Å². The molecule has 0 saturated carbocycles. The van der Waals surface area contributed by atoms with Crippen LogP contribution in [0.25, 0.3) is 0 Å². The van der Waals surface area contributed by atoms with E-state index in [-0.39, 0.29) is 25.4 Å². The molecule has 0 N–H and O–H groups in total. The van der Waals surface area contributed by atoms with Gasteiger partial charge in [0.15, 0.2) is 0 Å². The number of carbonyl (C=O) groups excluding carboxylic acids is 3. The van der Waals surface area contributed by atoms with Gasteiger partial charge in [0, 0.05) is 12.8 Å². The Kier molecular flexibility index (Phi) is 30.7. The van der Waals surface area contributed by atoms with E-state index in [9.17, 15) is 14.4 Å². The number of nitrogens with zero attached hydrogens (tertiary/aromatic N) is 1. The second-order valence-corrected chi connectivity index (χ2v) is 13.8. The van der Waals surface area contributed by atoms with Crippen LogP contribution in [-0.4, -0.2) is 29.6 Å². The fourth-order valence-corrected chi connectivity index (χ4v) is 6.10. The predicted molar refractivity (Wildman–Crippen MR) is 205 cm³/mol. The standard InChI is InChI=1S/C43H73NO5/c1-3-5-7-9-11-13-15-17-19-21-23-25-27-29-31-33-35-40(39-48-43(47)49-44-41(45)37-38-42(44)46)36-34-32-30-28-26-24-22-20-18-16-14-12-10-8-6-4-2/h11-14,17-20,40H,3-10,15-16,21-39H2,1-2H3/b13-11-,14-12-,19-17-,20-18-. The molecule has 6 heteroatoms. The molecule has 0 aromatic carbocycles. The number of carbonyl (C=O) groups is 3. The molecule has 1 aliphatic rings. The Bertz CT molecular complexity index is 873. The topological polar surface area (TPSA) is 72.9 Å². The van der Waals surface area contributed by atoms with Crippen molar-refractivity contribution in [3.05, 3.63) is 48.6 Å². The number of hydrogen-bond donors (Lipinski definition) is 0. The predicted octanol–water partition coefficient (Wildman–Crippen LogP) is 13.2. The van der Waals surface area contributed by atoms with E-state index >= 15 is 0 Å². The molecule has 280 valence electrons. The van der Waals surface area contributed by atoms with Crippen molar-refractivity contribution in [2.45, 2.75) is 194 Å². The molecule has 1 rings (SSSR count). The van der Waals surface area contributed by atoms with Crippen LogP contribution in [0.4, 0.5) is 4.79 Å². The lowest BCUT2D eigenvalue weighted by molar-refractivity contribution is -0.177. The van der Waals surface area contributed by atoms with Crippen LogP contribution in [0.2, 0.25) is 0 Å². The highest BCUT2D eigenvalue weighted by Gasteiger charge is 2.33. The summed E-state index contributed by atoms with van der Waals surface area (Å²) in [5, 5.41) is 0.558. The van der Waals surface area contributed by atoms with Gasteiger partial charge in [-0.25, -0.2) is 4.79 Å². The minimum absolute atomic E-state index is 0.0792. The number of imide groups is 1. The number of unbranched alkanes of at least 4 members (excludes halogenated alkanes) is 18. The number of ether oxygens (including phenoxy) is 1. The van der Waals surface area contributed by atoms with Crippen molar-refractivity contribution in [1.82, 2.24) is 5.06 Å². The number of allylic oxidation sites excluding steroid dienone is 8. The van der Waals surface area contributed by atoms with Crippen LogP contribution in [0.5, 0.6) is 0 Å². The monoisotopic (exact) mass is 684 g/mol. The second-order valence-electron chi connectivity index (χ2n) is 13.8. The first-order chi connectivity index (χ1) is 24.1. The van der Waals surface area contributed by atoms with Crippen LogP contribution in [0.1, 0.15) is 194 Å². The first kappa shape index (κ1) is 44.4. The van der Waals surface area contributed by atoms with Gasteiger partial charge in [0.2, 0.25) is 0 Å². The molecule has 1 aliphatic heterocycles. The molecular formula is C43H73NO5. The van der Waals surface area contributed by atoms with Gasteiger partial charge in [-0.05, 0) is 83.0 Å². The van der Waals surface area contributed by atoms with E-state index in [2.05, 4.69) is 62.5 Å². The molecular weight excluding hydrogens is 610 g/mol. The Morgan fingerprint density at radius 1 is 0.551 bits per heavy atom. The van der Waals surface area contributed by atoms with Crippen molar-refractivity contribution in [3.8, 4) is 0 Å². The van der Waals surface area contributed by atoms with Crippen LogP contribution in [-0.2, 0) is 19.2 Å². The van der Waals surface area contributed by atoms with Crippen molar-refractivity contribution in [1.29, 1.82) is 0 Å². The number of hydrogen-bond acceptors (Lipinski definition) is 5. The second kappa shape index (κ2) is 33.8. The largest absolute Gasteiger partial charge is 0.533 e. The van der Waals surface area contributed by atoms with Crippen molar-refractivity contribution >= 4 is 18.0 Å². The van der Waals surface area contributed by atoms with Gasteiger partial charge in [-0.15, -0.1) is 0 Å². The zero-order valence-corrected chi connectivity index (χ0v) is 31.7. The van der Waals surface area contributed by atoms with Gasteiger partial charge in [-0.1, -0.05) is 157 Å². The average molecular weight is 684 g/mol. The Balaban J connectivity index is 2.21. The fraction of sp³-hybridized carbons (Fsp3) is 0.744. The third-order valence-corrected chi connectivity index (χ3v) is 9.23. The SMILES string of the molecule is CCCCC/C=C\C/C=C\CCCCCCCCC(CCCCCCCC/C=C\C/C=C\CCCCC)COC(=O)ON1C(=O)CCC1=O. The summed E-state index contributed by atoms with van der Waals surface area (Å²) >= 11 is 0. The lowest BCUT2D eigenvalue weighted by Gasteiger charge is -2.18. The third-order valence-electron chi connectivity index (χ3n) is 9.23. The van der Waals surface area contributed by atoms with Crippen LogP contribution < -0.4 is 0 Å². The molecule has 0 unspecified atom stereocenters. The van der Waals surface area contributed by atoms with Crippen LogP contribution in [0, 0.1) is 5.92 Å². The maximum absolute atomic E-state index is 12.2. The summed E-state index contributed by atoms with van der Waals surface area (Å²) < 4.78 is 5.39. The van der Waals surface area contributed by atoms with Crippen molar-refractivity contribution in [2.75, 3.05) is 6.61 Å². The van der Waals surface area contributed by atoms with E-state index in [1.54, 1.807) is 0 Å². The maximum Gasteiger partial charge on any atom is 0.533 e. The van der Waals surface area contributed by atoms with Crippen LogP contribution >= 0.6 is 0 Å². The summed E-state index contributed by atoms with van der Waals surface area (Å²) in [6.07, 6.45) is 49.1. The fourth-order valence-electron chi connectivity index (χ4n) is 6.10. The van der Waals surface area contributed by atoms with Gasteiger partial charge in [0.25, 0.3) is 11.8 Å². The highest BCUT2D eigenvalue weighted by atomic mass is 16.8. The molecule has 6 nitrogen and oxygen atoms in total. The Morgan fingerprint density at radius 2 is 0.918 bits per heavy atom. The molecule has 0 spiro atoms. The smallest absolute Gasteiger partial charge is 0.432 e. The highest BCUT2D eigenvalue weighted by Crippen LogP contribution is 2.21. The molecule has 0 aromatic rings. The quantitative estimate of drug-likeness (QED) is 0.0298. The number of amides is 2. The lowest BCUT2D eigenvalue weighted by atomic mass is 9.94. The van der Waals surface area contributed by atoms with E-state index in [0.717, 1.165) is 38.5 Å². The van der Waals surface area contributed by atoms with Gasteiger partial charge in [0.1, 0.15) is 0 Å². The van der Waals surface area contributed by atoms with Gasteiger partial charge in [-0.2, -0.15) is 0 Å². The van der Waals surface area contributed by atoms with Crippen molar-refractivity contribution in [2.24, 2.45) is 5.92 Å². The van der Waals surface area contributed by atoms with E-state index < -0.39 is 18.0 Å². The highest BCUT2D eigenvalue weighted by molar-refractivity contribution is 6.01. The van der Waals surface area contributed by atoms with Gasteiger partial charge >= 0.3 is 6.16 Å². The van der Waals surface area contributed by atoms with Crippen LogP contribution in [0.3, 0.4) is 0 Å². The maximum atomic E-state index is 12.2. The summed E-state index contributed by atoms with van der Waals surface area (Å²) in [4.78, 5) is 40.7.